The van der Waals surface area contributed by atoms with Crippen molar-refractivity contribution in [1.82, 2.24) is 5.32 Å². The van der Waals surface area contributed by atoms with E-state index in [2.05, 4.69) is 39.1 Å². The van der Waals surface area contributed by atoms with Crippen molar-refractivity contribution in [1.29, 1.82) is 0 Å². The average Bonchev–Trinajstić information content (AvgIpc) is 2.26. The molecule has 1 N–H and O–H groups in total. The summed E-state index contributed by atoms with van der Waals surface area (Å²) in [5.41, 5.74) is 2.34. The fourth-order valence-corrected chi connectivity index (χ4v) is 2.43. The first-order chi connectivity index (χ1) is 8.82. The summed E-state index contributed by atoms with van der Waals surface area (Å²) in [6, 6.07) is 5.80. The lowest BCUT2D eigenvalue weighted by Gasteiger charge is -2.32. The molecule has 0 heterocycles. The third kappa shape index (κ3) is 5.73. The molecule has 108 valence electrons. The van der Waals surface area contributed by atoms with Gasteiger partial charge in [-0.1, -0.05) is 33.8 Å². The third-order valence-corrected chi connectivity index (χ3v) is 3.51. The Hall–Kier alpha value is -0.890. The van der Waals surface area contributed by atoms with Crippen LogP contribution in [0.15, 0.2) is 18.2 Å². The molecule has 0 fully saturated rings. The summed E-state index contributed by atoms with van der Waals surface area (Å²) >= 11 is 0. The van der Waals surface area contributed by atoms with Crippen LogP contribution in [-0.4, -0.2) is 12.6 Å². The van der Waals surface area contributed by atoms with E-state index in [0.29, 0.717) is 6.04 Å². The average molecular weight is 265 g/mol. The normalized spacial score (nSPS) is 13.6. The Labute approximate surface area is 117 Å². The van der Waals surface area contributed by atoms with E-state index in [0.717, 1.165) is 36.9 Å². The molecule has 19 heavy (non-hydrogen) atoms. The Morgan fingerprint density at radius 2 is 1.89 bits per heavy atom. The third-order valence-electron chi connectivity index (χ3n) is 3.51. The highest BCUT2D eigenvalue weighted by molar-refractivity contribution is 5.23. The number of hydrogen-bond donors (Lipinski definition) is 1. The summed E-state index contributed by atoms with van der Waals surface area (Å²) in [7, 11) is 0. The van der Waals surface area contributed by atoms with Crippen molar-refractivity contribution in [3.8, 4) is 0 Å². The molecule has 2 heteroatoms. The van der Waals surface area contributed by atoms with Crippen molar-refractivity contribution in [2.75, 3.05) is 6.54 Å². The molecule has 0 saturated carbocycles. The highest BCUT2D eigenvalue weighted by Gasteiger charge is 2.23. The second-order valence-electron chi connectivity index (χ2n) is 6.55. The Morgan fingerprint density at radius 3 is 2.42 bits per heavy atom. The number of hydrogen-bond acceptors (Lipinski definition) is 1. The second-order valence-corrected chi connectivity index (χ2v) is 6.55. The fourth-order valence-electron chi connectivity index (χ4n) is 2.43. The van der Waals surface area contributed by atoms with Crippen LogP contribution in [0.2, 0.25) is 0 Å². The lowest BCUT2D eigenvalue weighted by atomic mass is 9.83. The largest absolute Gasteiger partial charge is 0.313 e. The smallest absolute Gasteiger partial charge is 0.123 e. The van der Waals surface area contributed by atoms with Crippen LogP contribution in [0.1, 0.15) is 51.7 Å². The molecule has 0 bridgehead atoms. The summed E-state index contributed by atoms with van der Waals surface area (Å²) in [5, 5.41) is 3.62. The van der Waals surface area contributed by atoms with Crippen LogP contribution < -0.4 is 5.32 Å². The van der Waals surface area contributed by atoms with Crippen molar-refractivity contribution < 1.29 is 4.39 Å². The van der Waals surface area contributed by atoms with Crippen LogP contribution >= 0.6 is 0 Å². The summed E-state index contributed by atoms with van der Waals surface area (Å²) < 4.78 is 13.4. The quantitative estimate of drug-likeness (QED) is 0.799. The zero-order valence-corrected chi connectivity index (χ0v) is 13.0. The van der Waals surface area contributed by atoms with Crippen molar-refractivity contribution >= 4 is 0 Å². The molecule has 1 atom stereocenters. The minimum Gasteiger partial charge on any atom is -0.313 e. The highest BCUT2D eigenvalue weighted by Crippen LogP contribution is 2.23. The Bertz CT molecular complexity index is 372. The Kier molecular flexibility index (Phi) is 5.99. The molecule has 0 aliphatic heterocycles. The lowest BCUT2D eigenvalue weighted by molar-refractivity contribution is 0.255. The molecule has 1 aromatic carbocycles. The van der Waals surface area contributed by atoms with Gasteiger partial charge in [0.05, 0.1) is 0 Å². The number of aryl methyl sites for hydroxylation is 2. The van der Waals surface area contributed by atoms with E-state index in [9.17, 15) is 4.39 Å². The topological polar surface area (TPSA) is 12.0 Å². The molecular formula is C17H28FN. The molecule has 1 rings (SSSR count). The van der Waals surface area contributed by atoms with E-state index < -0.39 is 0 Å². The zero-order valence-electron chi connectivity index (χ0n) is 13.0. The maximum Gasteiger partial charge on any atom is 0.123 e. The van der Waals surface area contributed by atoms with E-state index in [1.807, 2.05) is 6.92 Å². The molecule has 0 amide bonds. The predicted molar refractivity (Wildman–Crippen MR) is 81.0 cm³/mol. The van der Waals surface area contributed by atoms with Gasteiger partial charge in [-0.15, -0.1) is 0 Å². The first-order valence-electron chi connectivity index (χ1n) is 7.32. The predicted octanol–water partition coefficient (Wildman–Crippen LogP) is 4.48. The van der Waals surface area contributed by atoms with E-state index in [-0.39, 0.29) is 11.2 Å². The minimum atomic E-state index is -0.121. The molecule has 1 nitrogen and oxygen atoms in total. The monoisotopic (exact) mass is 265 g/mol. The number of halogens is 1. The maximum atomic E-state index is 13.4. The summed E-state index contributed by atoms with van der Waals surface area (Å²) in [6.45, 7) is 12.0. The van der Waals surface area contributed by atoms with Crippen LogP contribution in [0.3, 0.4) is 0 Å². The van der Waals surface area contributed by atoms with Crippen molar-refractivity contribution in [2.24, 2.45) is 5.41 Å². The molecule has 1 unspecified atom stereocenters. The van der Waals surface area contributed by atoms with Gasteiger partial charge in [-0.2, -0.15) is 0 Å². The van der Waals surface area contributed by atoms with Crippen LogP contribution in [0.5, 0.6) is 0 Å². The Morgan fingerprint density at radius 1 is 1.21 bits per heavy atom. The van der Waals surface area contributed by atoms with Crippen molar-refractivity contribution in [3.63, 3.8) is 0 Å². The Balaban J connectivity index is 2.65. The number of nitrogens with one attached hydrogen (secondary N) is 1. The van der Waals surface area contributed by atoms with Crippen LogP contribution in [-0.2, 0) is 6.42 Å². The van der Waals surface area contributed by atoms with Crippen molar-refractivity contribution in [3.05, 3.63) is 35.1 Å². The second kappa shape index (κ2) is 7.04. The van der Waals surface area contributed by atoms with E-state index >= 15 is 0 Å². The molecule has 0 spiro atoms. The van der Waals surface area contributed by atoms with Crippen LogP contribution in [0.4, 0.5) is 4.39 Å². The van der Waals surface area contributed by atoms with Gasteiger partial charge in [0.25, 0.3) is 0 Å². The molecule has 0 radical (unpaired) electrons. The van der Waals surface area contributed by atoms with Gasteiger partial charge in [0, 0.05) is 6.04 Å². The molecule has 0 aliphatic rings. The van der Waals surface area contributed by atoms with Gasteiger partial charge in [-0.25, -0.2) is 4.39 Å². The van der Waals surface area contributed by atoms with Crippen LogP contribution in [0.25, 0.3) is 0 Å². The van der Waals surface area contributed by atoms with Crippen LogP contribution in [0, 0.1) is 18.2 Å². The van der Waals surface area contributed by atoms with Gasteiger partial charge in [0.15, 0.2) is 0 Å². The SMILES string of the molecule is CCCNC(CCc1cc(C)cc(F)c1)C(C)(C)C. The zero-order chi connectivity index (χ0) is 14.5. The summed E-state index contributed by atoms with van der Waals surface area (Å²) in [6.07, 6.45) is 3.12. The van der Waals surface area contributed by atoms with Gasteiger partial charge >= 0.3 is 0 Å². The fraction of sp³-hybridized carbons (Fsp3) is 0.647. The first kappa shape index (κ1) is 16.2. The first-order valence-corrected chi connectivity index (χ1v) is 7.32. The standard InChI is InChI=1S/C17H28FN/c1-6-9-19-16(17(3,4)5)8-7-14-10-13(2)11-15(18)12-14/h10-12,16,19H,6-9H2,1-5H3. The van der Waals surface area contributed by atoms with E-state index in [4.69, 9.17) is 0 Å². The van der Waals surface area contributed by atoms with E-state index in [1.165, 1.54) is 0 Å². The van der Waals surface area contributed by atoms with Gasteiger partial charge in [-0.05, 0) is 61.4 Å². The molecule has 0 saturated heterocycles. The molecule has 0 aromatic heterocycles. The highest BCUT2D eigenvalue weighted by atomic mass is 19.1. The number of rotatable bonds is 6. The lowest BCUT2D eigenvalue weighted by Crippen LogP contribution is -2.41. The summed E-state index contributed by atoms with van der Waals surface area (Å²) in [4.78, 5) is 0. The summed E-state index contributed by atoms with van der Waals surface area (Å²) in [5.74, 6) is -0.121. The molecular weight excluding hydrogens is 237 g/mol. The number of benzene rings is 1. The minimum absolute atomic E-state index is 0.121. The van der Waals surface area contributed by atoms with Crippen molar-refractivity contribution in [2.45, 2.75) is 59.9 Å². The molecule has 1 aromatic rings. The van der Waals surface area contributed by atoms with E-state index in [1.54, 1.807) is 12.1 Å². The molecule has 0 aliphatic carbocycles. The van der Waals surface area contributed by atoms with Gasteiger partial charge in [0.2, 0.25) is 0 Å². The van der Waals surface area contributed by atoms with Gasteiger partial charge in [-0.3, -0.25) is 0 Å². The van der Waals surface area contributed by atoms with Gasteiger partial charge < -0.3 is 5.32 Å². The van der Waals surface area contributed by atoms with Gasteiger partial charge in [0.1, 0.15) is 5.82 Å². The maximum absolute atomic E-state index is 13.4.